The van der Waals surface area contributed by atoms with Crippen LogP contribution in [0.15, 0.2) is 58.8 Å². The number of carbonyl (C=O) groups excluding carboxylic acids is 1. The van der Waals surface area contributed by atoms with E-state index in [1.54, 1.807) is 23.1 Å². The number of para-hydroxylation sites is 1. The highest BCUT2D eigenvalue weighted by molar-refractivity contribution is 7.98. The van der Waals surface area contributed by atoms with Crippen molar-refractivity contribution in [1.82, 2.24) is 4.98 Å². The Bertz CT molecular complexity index is 924. The van der Waals surface area contributed by atoms with Crippen LogP contribution >= 0.6 is 23.1 Å². The summed E-state index contributed by atoms with van der Waals surface area (Å²) in [7, 11) is 2.01. The van der Waals surface area contributed by atoms with Crippen LogP contribution in [0.4, 0.5) is 16.5 Å². The van der Waals surface area contributed by atoms with Crippen LogP contribution in [0.3, 0.4) is 0 Å². The van der Waals surface area contributed by atoms with Crippen LogP contribution in [0, 0.1) is 6.92 Å². The Kier molecular flexibility index (Phi) is 7.08. The minimum absolute atomic E-state index is 0.00670. The molecule has 0 fully saturated rings. The standard InChI is InChI=1S/C21H24N4OS2/c1-15-8-10-16(11-9-15)22-21-23-17(14-28-21)12-25(2)13-20(26)24-18-6-4-5-7-19(18)27-3/h4-11,14H,12-13H2,1-3H3,(H,22,23)(H,24,26)/p+1. The third-order valence-corrected chi connectivity index (χ3v) is 5.78. The maximum atomic E-state index is 12.4. The first-order valence-electron chi connectivity index (χ1n) is 9.06. The number of hydrogen-bond donors (Lipinski definition) is 3. The molecular formula is C21H25N4OS2+. The average molecular weight is 414 g/mol. The van der Waals surface area contributed by atoms with E-state index < -0.39 is 0 Å². The fraction of sp³-hybridized carbons (Fsp3) is 0.238. The van der Waals surface area contributed by atoms with Gasteiger partial charge in [0.05, 0.1) is 12.7 Å². The van der Waals surface area contributed by atoms with Crippen LogP contribution in [0.2, 0.25) is 0 Å². The molecule has 0 saturated heterocycles. The van der Waals surface area contributed by atoms with E-state index in [-0.39, 0.29) is 5.91 Å². The van der Waals surface area contributed by atoms with Gasteiger partial charge in [0.15, 0.2) is 11.7 Å². The molecule has 0 spiro atoms. The van der Waals surface area contributed by atoms with E-state index >= 15 is 0 Å². The molecule has 1 amide bonds. The van der Waals surface area contributed by atoms with Crippen LogP contribution in [0.25, 0.3) is 0 Å². The fourth-order valence-corrected chi connectivity index (χ4v) is 4.08. The molecule has 0 aliphatic carbocycles. The number of anilines is 3. The summed E-state index contributed by atoms with van der Waals surface area (Å²) in [6.45, 7) is 3.16. The number of thioether (sulfide) groups is 1. The Hall–Kier alpha value is -2.35. The number of hydrogen-bond acceptors (Lipinski definition) is 5. The van der Waals surface area contributed by atoms with Crippen molar-refractivity contribution < 1.29 is 9.69 Å². The van der Waals surface area contributed by atoms with Crippen molar-refractivity contribution in [3.8, 4) is 0 Å². The van der Waals surface area contributed by atoms with Gasteiger partial charge in [-0.3, -0.25) is 4.79 Å². The van der Waals surface area contributed by atoms with E-state index in [0.29, 0.717) is 13.1 Å². The van der Waals surface area contributed by atoms with Crippen LogP contribution in [0.5, 0.6) is 0 Å². The van der Waals surface area contributed by atoms with Crippen LogP contribution in [-0.2, 0) is 11.3 Å². The molecule has 1 atom stereocenters. The van der Waals surface area contributed by atoms with Gasteiger partial charge in [0.2, 0.25) is 0 Å². The van der Waals surface area contributed by atoms with E-state index in [1.807, 2.05) is 55.1 Å². The second-order valence-electron chi connectivity index (χ2n) is 6.69. The summed E-state index contributed by atoms with van der Waals surface area (Å²) in [5, 5.41) is 9.25. The monoisotopic (exact) mass is 413 g/mol. The largest absolute Gasteiger partial charge is 0.332 e. The Morgan fingerprint density at radius 2 is 1.93 bits per heavy atom. The predicted octanol–water partition coefficient (Wildman–Crippen LogP) is 3.57. The third kappa shape index (κ3) is 5.82. The molecule has 3 N–H and O–H groups in total. The van der Waals surface area contributed by atoms with Gasteiger partial charge in [0.25, 0.3) is 5.91 Å². The molecule has 5 nitrogen and oxygen atoms in total. The minimum atomic E-state index is 0.00670. The van der Waals surface area contributed by atoms with Gasteiger partial charge >= 0.3 is 0 Å². The number of aromatic nitrogens is 1. The zero-order valence-electron chi connectivity index (χ0n) is 16.3. The highest BCUT2D eigenvalue weighted by Gasteiger charge is 2.14. The number of nitrogens with zero attached hydrogens (tertiary/aromatic N) is 1. The van der Waals surface area contributed by atoms with E-state index in [1.165, 1.54) is 5.56 Å². The number of rotatable bonds is 8. The van der Waals surface area contributed by atoms with Gasteiger partial charge in [-0.2, -0.15) is 0 Å². The highest BCUT2D eigenvalue weighted by atomic mass is 32.2. The van der Waals surface area contributed by atoms with Crippen molar-refractivity contribution >= 4 is 45.5 Å². The summed E-state index contributed by atoms with van der Waals surface area (Å²) in [4.78, 5) is 19.2. The molecule has 7 heteroatoms. The number of benzene rings is 2. The Balaban J connectivity index is 1.52. The molecular weight excluding hydrogens is 388 g/mol. The number of nitrogens with one attached hydrogen (secondary N) is 3. The first-order valence-corrected chi connectivity index (χ1v) is 11.2. The third-order valence-electron chi connectivity index (χ3n) is 4.18. The normalized spacial score (nSPS) is 11.8. The van der Waals surface area contributed by atoms with Crippen LogP contribution in [0.1, 0.15) is 11.3 Å². The van der Waals surface area contributed by atoms with Crippen molar-refractivity contribution in [3.05, 3.63) is 65.2 Å². The molecule has 2 aromatic carbocycles. The molecule has 0 aliphatic rings. The topological polar surface area (TPSA) is 58.5 Å². The predicted molar refractivity (Wildman–Crippen MR) is 119 cm³/mol. The molecule has 0 saturated carbocycles. The van der Waals surface area contributed by atoms with E-state index in [2.05, 4.69) is 34.7 Å². The van der Waals surface area contributed by atoms with Gasteiger partial charge in [-0.15, -0.1) is 23.1 Å². The molecule has 0 aliphatic heterocycles. The minimum Gasteiger partial charge on any atom is -0.332 e. The maximum absolute atomic E-state index is 12.4. The molecule has 3 rings (SSSR count). The number of thiazole rings is 1. The van der Waals surface area contributed by atoms with E-state index in [9.17, 15) is 4.79 Å². The Morgan fingerprint density at radius 1 is 1.18 bits per heavy atom. The van der Waals surface area contributed by atoms with Crippen molar-refractivity contribution in [3.63, 3.8) is 0 Å². The van der Waals surface area contributed by atoms with Gasteiger partial charge in [0, 0.05) is 16.0 Å². The number of amides is 1. The van der Waals surface area contributed by atoms with Gasteiger partial charge in [0.1, 0.15) is 12.2 Å². The van der Waals surface area contributed by atoms with Crippen LogP contribution in [-0.4, -0.2) is 30.7 Å². The molecule has 3 aromatic rings. The average Bonchev–Trinajstić information content (AvgIpc) is 3.10. The SMILES string of the molecule is CSc1ccccc1NC(=O)C[NH+](C)Cc1csc(Nc2ccc(C)cc2)n1. The Morgan fingerprint density at radius 3 is 2.68 bits per heavy atom. The molecule has 0 radical (unpaired) electrons. The zero-order valence-corrected chi connectivity index (χ0v) is 17.9. The number of aryl methyl sites for hydroxylation is 1. The first-order chi connectivity index (χ1) is 13.5. The quantitative estimate of drug-likeness (QED) is 0.494. The maximum Gasteiger partial charge on any atom is 0.279 e. The van der Waals surface area contributed by atoms with Gasteiger partial charge in [-0.25, -0.2) is 4.98 Å². The number of likely N-dealkylation sites (N-methyl/N-ethyl adjacent to an activating group) is 1. The van der Waals surface area contributed by atoms with Gasteiger partial charge < -0.3 is 15.5 Å². The highest BCUT2D eigenvalue weighted by Crippen LogP contribution is 2.24. The summed E-state index contributed by atoms with van der Waals surface area (Å²) in [6.07, 6.45) is 2.01. The Labute approximate surface area is 174 Å². The molecule has 1 aromatic heterocycles. The smallest absolute Gasteiger partial charge is 0.279 e. The fourth-order valence-electron chi connectivity index (χ4n) is 2.79. The second kappa shape index (κ2) is 9.73. The number of quaternary nitrogens is 1. The lowest BCUT2D eigenvalue weighted by Gasteiger charge is -2.14. The van der Waals surface area contributed by atoms with Crippen molar-refractivity contribution in [2.24, 2.45) is 0 Å². The molecule has 146 valence electrons. The lowest BCUT2D eigenvalue weighted by atomic mass is 10.2. The van der Waals surface area contributed by atoms with Crippen molar-refractivity contribution in [2.75, 3.05) is 30.5 Å². The number of carbonyl (C=O) groups is 1. The van der Waals surface area contributed by atoms with Crippen molar-refractivity contribution in [1.29, 1.82) is 0 Å². The lowest BCUT2D eigenvalue weighted by Crippen LogP contribution is -3.08. The van der Waals surface area contributed by atoms with E-state index in [0.717, 1.165) is 32.0 Å². The molecule has 1 heterocycles. The van der Waals surface area contributed by atoms with Crippen LogP contribution < -0.4 is 15.5 Å². The summed E-state index contributed by atoms with van der Waals surface area (Å²) >= 11 is 3.20. The second-order valence-corrected chi connectivity index (χ2v) is 8.40. The summed E-state index contributed by atoms with van der Waals surface area (Å²) in [5.74, 6) is 0.00670. The molecule has 1 unspecified atom stereocenters. The summed E-state index contributed by atoms with van der Waals surface area (Å²) in [6, 6.07) is 16.1. The van der Waals surface area contributed by atoms with Crippen molar-refractivity contribution in [2.45, 2.75) is 18.4 Å². The summed E-state index contributed by atoms with van der Waals surface area (Å²) < 4.78 is 0. The van der Waals surface area contributed by atoms with Gasteiger partial charge in [-0.1, -0.05) is 29.8 Å². The van der Waals surface area contributed by atoms with E-state index in [4.69, 9.17) is 0 Å². The zero-order chi connectivity index (χ0) is 19.9. The van der Waals surface area contributed by atoms with Gasteiger partial charge in [-0.05, 0) is 37.4 Å². The molecule has 28 heavy (non-hydrogen) atoms. The first kappa shape index (κ1) is 20.4. The lowest BCUT2D eigenvalue weighted by molar-refractivity contribution is -0.885. The summed E-state index contributed by atoms with van der Waals surface area (Å²) in [5.41, 5.74) is 4.11. The molecule has 0 bridgehead atoms.